The number of nitrogens with one attached hydrogen (secondary N) is 2. The second kappa shape index (κ2) is 10.7. The summed E-state index contributed by atoms with van der Waals surface area (Å²) in [5, 5.41) is 5.70. The van der Waals surface area contributed by atoms with Crippen LogP contribution in [0.2, 0.25) is 0 Å². The van der Waals surface area contributed by atoms with E-state index in [4.69, 9.17) is 0 Å². The molecule has 0 aliphatic heterocycles. The van der Waals surface area contributed by atoms with Crippen LogP contribution in [0.25, 0.3) is 11.1 Å². The standard InChI is InChI=1S/C25H26F2N6O/c1-5-21(16-33(3)4)32-24-29-12-19(13-30-24)18-8-6-17(7-9-18)10-23(34)31-22-11-20(14-28-15-22)25(2,26)27/h5-9,11-16H,1,10H2,2-4H3,(H,31,34)(H,29,30,32)/b21-16+. The van der Waals surface area contributed by atoms with Crippen molar-refractivity contribution >= 4 is 17.5 Å². The van der Waals surface area contributed by atoms with Gasteiger partial charge in [0.2, 0.25) is 11.9 Å². The summed E-state index contributed by atoms with van der Waals surface area (Å²) in [6, 6.07) is 8.61. The Kier molecular flexibility index (Phi) is 7.68. The maximum atomic E-state index is 13.5. The molecule has 9 heteroatoms. The van der Waals surface area contributed by atoms with Gasteiger partial charge in [-0.25, -0.2) is 18.7 Å². The molecule has 3 aromatic rings. The third-order valence-corrected chi connectivity index (χ3v) is 4.71. The van der Waals surface area contributed by atoms with E-state index in [1.807, 2.05) is 49.5 Å². The number of allylic oxidation sites excluding steroid dienone is 1. The van der Waals surface area contributed by atoms with Crippen LogP contribution in [0.1, 0.15) is 18.1 Å². The Labute approximate surface area is 197 Å². The molecule has 34 heavy (non-hydrogen) atoms. The lowest BCUT2D eigenvalue weighted by molar-refractivity contribution is -0.115. The predicted octanol–water partition coefficient (Wildman–Crippen LogP) is 4.83. The number of amides is 1. The monoisotopic (exact) mass is 464 g/mol. The van der Waals surface area contributed by atoms with Gasteiger partial charge in [-0.3, -0.25) is 9.78 Å². The molecule has 176 valence electrons. The highest BCUT2D eigenvalue weighted by molar-refractivity contribution is 5.92. The van der Waals surface area contributed by atoms with Crippen molar-refractivity contribution in [2.45, 2.75) is 19.3 Å². The number of anilines is 2. The molecule has 0 aliphatic rings. The minimum absolute atomic E-state index is 0.0922. The van der Waals surface area contributed by atoms with Gasteiger partial charge < -0.3 is 15.5 Å². The van der Waals surface area contributed by atoms with Crippen molar-refractivity contribution in [3.8, 4) is 11.1 Å². The number of hydrogen-bond acceptors (Lipinski definition) is 6. The summed E-state index contributed by atoms with van der Waals surface area (Å²) in [7, 11) is 3.81. The van der Waals surface area contributed by atoms with Crippen LogP contribution >= 0.6 is 0 Å². The number of benzene rings is 1. The van der Waals surface area contributed by atoms with Gasteiger partial charge in [-0.1, -0.05) is 30.8 Å². The number of nitrogens with zero attached hydrogens (tertiary/aromatic N) is 4. The van der Waals surface area contributed by atoms with Gasteiger partial charge in [0.15, 0.2) is 0 Å². The number of pyridine rings is 1. The molecule has 1 amide bonds. The molecule has 0 spiro atoms. The largest absolute Gasteiger partial charge is 0.382 e. The molecular formula is C25H26F2N6O. The molecule has 1 aromatic carbocycles. The molecule has 0 aliphatic carbocycles. The Balaban J connectivity index is 1.62. The van der Waals surface area contributed by atoms with Crippen molar-refractivity contribution < 1.29 is 13.6 Å². The maximum absolute atomic E-state index is 13.5. The Bertz CT molecular complexity index is 1170. The summed E-state index contributed by atoms with van der Waals surface area (Å²) in [6.07, 6.45) is 9.47. The van der Waals surface area contributed by atoms with Crippen molar-refractivity contribution in [2.75, 3.05) is 24.7 Å². The summed E-state index contributed by atoms with van der Waals surface area (Å²) < 4.78 is 26.9. The lowest BCUT2D eigenvalue weighted by Crippen LogP contribution is -2.15. The SMILES string of the molecule is C=C/C(=C\N(C)C)Nc1ncc(-c2ccc(CC(=O)Nc3cncc(C(C)(F)F)c3)cc2)cn1. The normalized spacial score (nSPS) is 11.6. The number of halogens is 2. The maximum Gasteiger partial charge on any atom is 0.272 e. The quantitative estimate of drug-likeness (QED) is 0.441. The van der Waals surface area contributed by atoms with Crippen LogP contribution in [-0.4, -0.2) is 39.9 Å². The van der Waals surface area contributed by atoms with Gasteiger partial charge in [-0.05, 0) is 23.3 Å². The van der Waals surface area contributed by atoms with Gasteiger partial charge in [0.1, 0.15) is 0 Å². The molecule has 7 nitrogen and oxygen atoms in total. The average Bonchev–Trinajstić information content (AvgIpc) is 2.79. The summed E-state index contributed by atoms with van der Waals surface area (Å²) in [5.74, 6) is -2.91. The van der Waals surface area contributed by atoms with Gasteiger partial charge in [-0.2, -0.15) is 0 Å². The van der Waals surface area contributed by atoms with E-state index < -0.39 is 5.92 Å². The van der Waals surface area contributed by atoms with Gasteiger partial charge in [0.25, 0.3) is 5.92 Å². The van der Waals surface area contributed by atoms with Crippen molar-refractivity contribution in [1.82, 2.24) is 19.9 Å². The lowest BCUT2D eigenvalue weighted by atomic mass is 10.0. The van der Waals surface area contributed by atoms with Gasteiger partial charge in [-0.15, -0.1) is 0 Å². The highest BCUT2D eigenvalue weighted by Crippen LogP contribution is 2.27. The zero-order chi connectivity index (χ0) is 24.7. The van der Waals surface area contributed by atoms with E-state index in [1.165, 1.54) is 12.3 Å². The summed E-state index contributed by atoms with van der Waals surface area (Å²) in [4.78, 5) is 26.7. The van der Waals surface area contributed by atoms with Crippen LogP contribution < -0.4 is 10.6 Å². The number of rotatable bonds is 9. The molecule has 2 heterocycles. The molecule has 0 saturated carbocycles. The van der Waals surface area contributed by atoms with Crippen LogP contribution in [0.4, 0.5) is 20.4 Å². The Morgan fingerprint density at radius 3 is 2.32 bits per heavy atom. The molecule has 0 unspecified atom stereocenters. The highest BCUT2D eigenvalue weighted by Gasteiger charge is 2.25. The van der Waals surface area contributed by atoms with Gasteiger partial charge in [0.05, 0.1) is 24.0 Å². The molecule has 0 saturated heterocycles. The first-order valence-electron chi connectivity index (χ1n) is 10.5. The number of aromatic nitrogens is 3. The van der Waals surface area contributed by atoms with Crippen LogP contribution in [0.15, 0.2) is 79.7 Å². The molecule has 0 atom stereocenters. The minimum atomic E-state index is -3.03. The van der Waals surface area contributed by atoms with Crippen LogP contribution in [0.3, 0.4) is 0 Å². The lowest BCUT2D eigenvalue weighted by Gasteiger charge is -2.12. The summed E-state index contributed by atoms with van der Waals surface area (Å²) in [5.41, 5.74) is 3.23. The molecule has 0 radical (unpaired) electrons. The van der Waals surface area contributed by atoms with Crippen LogP contribution in [0, 0.1) is 0 Å². The fraction of sp³-hybridized carbons (Fsp3) is 0.200. The van der Waals surface area contributed by atoms with E-state index in [1.54, 1.807) is 18.5 Å². The van der Waals surface area contributed by atoms with E-state index in [0.717, 1.165) is 35.5 Å². The van der Waals surface area contributed by atoms with Gasteiger partial charge >= 0.3 is 0 Å². The average molecular weight is 465 g/mol. The van der Waals surface area contributed by atoms with Crippen molar-refractivity contribution in [3.63, 3.8) is 0 Å². The number of alkyl halides is 2. The van der Waals surface area contributed by atoms with Crippen LogP contribution in [0.5, 0.6) is 0 Å². The van der Waals surface area contributed by atoms with E-state index >= 15 is 0 Å². The fourth-order valence-electron chi connectivity index (χ4n) is 3.04. The fourth-order valence-corrected chi connectivity index (χ4v) is 3.04. The van der Waals surface area contributed by atoms with E-state index in [0.29, 0.717) is 5.95 Å². The number of hydrogen-bond donors (Lipinski definition) is 2. The third-order valence-electron chi connectivity index (χ3n) is 4.71. The molecule has 2 aromatic heterocycles. The highest BCUT2D eigenvalue weighted by atomic mass is 19.3. The smallest absolute Gasteiger partial charge is 0.272 e. The molecule has 0 bridgehead atoms. The Hall–Kier alpha value is -4.14. The second-order valence-electron chi connectivity index (χ2n) is 7.95. The van der Waals surface area contributed by atoms with E-state index in [-0.39, 0.29) is 23.6 Å². The first kappa shape index (κ1) is 24.5. The summed E-state index contributed by atoms with van der Waals surface area (Å²) in [6.45, 7) is 4.55. The van der Waals surface area contributed by atoms with Crippen molar-refractivity contribution in [3.05, 3.63) is 90.8 Å². The molecule has 3 rings (SSSR count). The first-order chi connectivity index (χ1) is 16.1. The first-order valence-corrected chi connectivity index (χ1v) is 10.5. The van der Waals surface area contributed by atoms with Crippen molar-refractivity contribution in [2.24, 2.45) is 0 Å². The molecule has 2 N–H and O–H groups in total. The molecular weight excluding hydrogens is 438 g/mol. The van der Waals surface area contributed by atoms with E-state index in [2.05, 4.69) is 32.2 Å². The van der Waals surface area contributed by atoms with Crippen molar-refractivity contribution in [1.29, 1.82) is 0 Å². The number of carbonyl (C=O) groups is 1. The Morgan fingerprint density at radius 2 is 1.74 bits per heavy atom. The predicted molar refractivity (Wildman–Crippen MR) is 129 cm³/mol. The number of carbonyl (C=O) groups excluding carboxylic acids is 1. The zero-order valence-electron chi connectivity index (χ0n) is 19.2. The second-order valence-corrected chi connectivity index (χ2v) is 7.95. The Morgan fingerprint density at radius 1 is 1.06 bits per heavy atom. The summed E-state index contributed by atoms with van der Waals surface area (Å²) >= 11 is 0. The zero-order valence-corrected chi connectivity index (χ0v) is 19.2. The minimum Gasteiger partial charge on any atom is -0.382 e. The van der Waals surface area contributed by atoms with Gasteiger partial charge in [0, 0.05) is 56.9 Å². The van der Waals surface area contributed by atoms with E-state index in [9.17, 15) is 13.6 Å². The third kappa shape index (κ3) is 6.93. The van der Waals surface area contributed by atoms with Crippen LogP contribution in [-0.2, 0) is 17.1 Å². The topological polar surface area (TPSA) is 83.0 Å². The molecule has 0 fully saturated rings.